The lowest BCUT2D eigenvalue weighted by Gasteiger charge is -2.10. The molecule has 3 rings (SSSR count). The van der Waals surface area contributed by atoms with Crippen LogP contribution in [0.4, 0.5) is 4.79 Å². The largest absolute Gasteiger partial charge is 0.493 e. The molecular formula is C18H20N4O4. The molecule has 0 saturated carbocycles. The fraction of sp³-hybridized carbons (Fsp3) is 0.278. The number of ether oxygens (including phenoxy) is 3. The third-order valence-electron chi connectivity index (χ3n) is 3.63. The number of nitrogens with one attached hydrogen (secondary N) is 2. The van der Waals surface area contributed by atoms with Crippen LogP contribution in [-0.2, 0) is 0 Å². The molecular weight excluding hydrogens is 336 g/mol. The molecule has 26 heavy (non-hydrogen) atoms. The fourth-order valence-electron chi connectivity index (χ4n) is 2.45. The summed E-state index contributed by atoms with van der Waals surface area (Å²) >= 11 is 0. The molecule has 0 fully saturated rings. The zero-order chi connectivity index (χ0) is 18.7. The molecule has 3 aromatic rings. The Morgan fingerprint density at radius 2 is 1.92 bits per heavy atom. The second kappa shape index (κ2) is 7.30. The van der Waals surface area contributed by atoms with Crippen molar-refractivity contribution in [2.24, 2.45) is 0 Å². The molecule has 8 heteroatoms. The summed E-state index contributed by atoms with van der Waals surface area (Å²) in [5.74, 6) is 1.53. The summed E-state index contributed by atoms with van der Waals surface area (Å²) in [6.45, 7) is 3.71. The Bertz CT molecular complexity index is 936. The minimum Gasteiger partial charge on any atom is -0.493 e. The van der Waals surface area contributed by atoms with Crippen LogP contribution in [0.2, 0.25) is 0 Å². The Morgan fingerprint density at radius 3 is 2.62 bits per heavy atom. The van der Waals surface area contributed by atoms with Gasteiger partial charge in [0.05, 0.1) is 26.1 Å². The van der Waals surface area contributed by atoms with Crippen LogP contribution in [0.15, 0.2) is 30.6 Å². The molecule has 2 N–H and O–H groups in total. The average Bonchev–Trinajstić information content (AvgIpc) is 3.02. The molecule has 0 aliphatic carbocycles. The molecule has 0 unspecified atom stereocenters. The molecule has 0 atom stereocenters. The van der Waals surface area contributed by atoms with Crippen LogP contribution in [0.1, 0.15) is 13.8 Å². The molecule has 1 amide bonds. The van der Waals surface area contributed by atoms with Crippen LogP contribution in [0, 0.1) is 0 Å². The van der Waals surface area contributed by atoms with Gasteiger partial charge in [-0.05, 0) is 32.0 Å². The zero-order valence-corrected chi connectivity index (χ0v) is 15.0. The Morgan fingerprint density at radius 1 is 1.15 bits per heavy atom. The van der Waals surface area contributed by atoms with Crippen molar-refractivity contribution in [1.82, 2.24) is 20.3 Å². The number of methoxy groups -OCH3 is 2. The predicted molar refractivity (Wildman–Crippen MR) is 96.7 cm³/mol. The van der Waals surface area contributed by atoms with Crippen molar-refractivity contribution in [3.05, 3.63) is 30.6 Å². The lowest BCUT2D eigenvalue weighted by molar-refractivity contribution is 0.198. The van der Waals surface area contributed by atoms with Gasteiger partial charge in [-0.25, -0.2) is 14.8 Å². The summed E-state index contributed by atoms with van der Waals surface area (Å²) < 4.78 is 15.9. The van der Waals surface area contributed by atoms with Gasteiger partial charge in [0, 0.05) is 17.8 Å². The highest BCUT2D eigenvalue weighted by molar-refractivity contribution is 5.84. The fourth-order valence-corrected chi connectivity index (χ4v) is 2.45. The predicted octanol–water partition coefficient (Wildman–Crippen LogP) is 3.14. The van der Waals surface area contributed by atoms with Gasteiger partial charge in [-0.15, -0.1) is 0 Å². The number of nitrogens with zero attached hydrogens (tertiary/aromatic N) is 2. The summed E-state index contributed by atoms with van der Waals surface area (Å²) in [5.41, 5.74) is 2.42. The summed E-state index contributed by atoms with van der Waals surface area (Å²) in [6, 6.07) is 5.44. The number of H-pyrrole nitrogens is 1. The lowest BCUT2D eigenvalue weighted by atomic mass is 10.1. The van der Waals surface area contributed by atoms with E-state index in [2.05, 4.69) is 20.3 Å². The Balaban J connectivity index is 1.96. The van der Waals surface area contributed by atoms with Gasteiger partial charge in [-0.3, -0.25) is 0 Å². The van der Waals surface area contributed by atoms with Crippen LogP contribution in [-0.4, -0.2) is 41.3 Å². The van der Waals surface area contributed by atoms with Crippen molar-refractivity contribution < 1.29 is 19.0 Å². The maximum atomic E-state index is 11.8. The lowest BCUT2D eigenvalue weighted by Crippen LogP contribution is -2.32. The van der Waals surface area contributed by atoms with Gasteiger partial charge in [0.15, 0.2) is 28.4 Å². The highest BCUT2D eigenvalue weighted by Crippen LogP contribution is 2.32. The van der Waals surface area contributed by atoms with Gasteiger partial charge in [0.25, 0.3) is 0 Å². The van der Waals surface area contributed by atoms with Crippen LogP contribution in [0.25, 0.3) is 22.4 Å². The van der Waals surface area contributed by atoms with Gasteiger partial charge in [-0.1, -0.05) is 0 Å². The molecule has 0 aliphatic heterocycles. The molecule has 0 aliphatic rings. The minimum atomic E-state index is -0.542. The van der Waals surface area contributed by atoms with Gasteiger partial charge in [0.1, 0.15) is 0 Å². The number of benzene rings is 1. The SMILES string of the molecule is COc1ccc(-c2cnc3[nH]cc(OC(=O)NC(C)C)c3n2)cc1OC. The van der Waals surface area contributed by atoms with Gasteiger partial charge in [0.2, 0.25) is 0 Å². The second-order valence-electron chi connectivity index (χ2n) is 5.86. The molecule has 1 aromatic carbocycles. The summed E-state index contributed by atoms with van der Waals surface area (Å²) in [4.78, 5) is 23.7. The maximum Gasteiger partial charge on any atom is 0.412 e. The Hall–Kier alpha value is -3.29. The monoisotopic (exact) mass is 356 g/mol. The van der Waals surface area contributed by atoms with Crippen molar-refractivity contribution in [2.75, 3.05) is 14.2 Å². The molecule has 0 bridgehead atoms. The van der Waals surface area contributed by atoms with Gasteiger partial charge in [-0.2, -0.15) is 0 Å². The smallest absolute Gasteiger partial charge is 0.412 e. The van der Waals surface area contributed by atoms with Crippen molar-refractivity contribution in [3.8, 4) is 28.5 Å². The molecule has 0 spiro atoms. The zero-order valence-electron chi connectivity index (χ0n) is 15.0. The van der Waals surface area contributed by atoms with E-state index in [1.807, 2.05) is 26.0 Å². The summed E-state index contributed by atoms with van der Waals surface area (Å²) in [7, 11) is 3.15. The number of hydrogen-bond acceptors (Lipinski definition) is 6. The standard InChI is InChI=1S/C18H20N4O4/c1-10(2)21-18(23)26-15-9-20-17-16(15)22-12(8-19-17)11-5-6-13(24-3)14(7-11)25-4/h5-10H,1-4H3,(H,19,20)(H,21,23). The molecule has 2 aromatic heterocycles. The Labute approximate surface area is 150 Å². The first-order chi connectivity index (χ1) is 12.5. The summed E-state index contributed by atoms with van der Waals surface area (Å²) in [6.07, 6.45) is 2.65. The van der Waals surface area contributed by atoms with Crippen molar-refractivity contribution in [2.45, 2.75) is 19.9 Å². The van der Waals surface area contributed by atoms with Crippen LogP contribution < -0.4 is 19.5 Å². The number of aromatic nitrogens is 3. The minimum absolute atomic E-state index is 0.0267. The van der Waals surface area contributed by atoms with E-state index in [1.165, 1.54) is 0 Å². The number of rotatable bonds is 5. The number of fused-ring (bicyclic) bond motifs is 1. The van der Waals surface area contributed by atoms with E-state index in [0.29, 0.717) is 34.1 Å². The number of carbonyl (C=O) groups excluding carboxylic acids is 1. The molecule has 0 radical (unpaired) electrons. The second-order valence-corrected chi connectivity index (χ2v) is 5.86. The van der Waals surface area contributed by atoms with Gasteiger partial charge < -0.3 is 24.5 Å². The topological polar surface area (TPSA) is 98.4 Å². The van der Waals surface area contributed by atoms with E-state index in [0.717, 1.165) is 5.56 Å². The third kappa shape index (κ3) is 3.53. The van der Waals surface area contributed by atoms with E-state index < -0.39 is 6.09 Å². The van der Waals surface area contributed by atoms with E-state index in [1.54, 1.807) is 32.7 Å². The summed E-state index contributed by atoms with van der Waals surface area (Å²) in [5, 5.41) is 2.67. The van der Waals surface area contributed by atoms with Gasteiger partial charge >= 0.3 is 6.09 Å². The first-order valence-electron chi connectivity index (χ1n) is 8.06. The number of aromatic amines is 1. The third-order valence-corrected chi connectivity index (χ3v) is 3.63. The highest BCUT2D eigenvalue weighted by Gasteiger charge is 2.15. The molecule has 2 heterocycles. The molecule has 0 saturated heterocycles. The maximum absolute atomic E-state index is 11.8. The van der Waals surface area contributed by atoms with Crippen LogP contribution >= 0.6 is 0 Å². The van der Waals surface area contributed by atoms with E-state index >= 15 is 0 Å². The van der Waals surface area contributed by atoms with E-state index in [9.17, 15) is 4.79 Å². The van der Waals surface area contributed by atoms with Crippen LogP contribution in [0.5, 0.6) is 17.2 Å². The van der Waals surface area contributed by atoms with Crippen molar-refractivity contribution >= 4 is 17.3 Å². The number of amides is 1. The van der Waals surface area contributed by atoms with E-state index in [4.69, 9.17) is 14.2 Å². The molecule has 8 nitrogen and oxygen atoms in total. The Kier molecular flexibility index (Phi) is 4.92. The van der Waals surface area contributed by atoms with Crippen molar-refractivity contribution in [3.63, 3.8) is 0 Å². The molecule has 136 valence electrons. The number of hydrogen-bond donors (Lipinski definition) is 2. The quantitative estimate of drug-likeness (QED) is 0.729. The normalized spacial score (nSPS) is 10.8. The highest BCUT2D eigenvalue weighted by atomic mass is 16.6. The first-order valence-corrected chi connectivity index (χ1v) is 8.06. The van der Waals surface area contributed by atoms with Crippen LogP contribution in [0.3, 0.4) is 0 Å². The average molecular weight is 356 g/mol. The van der Waals surface area contributed by atoms with Crippen molar-refractivity contribution in [1.29, 1.82) is 0 Å². The first kappa shape index (κ1) is 17.5. The number of carbonyl (C=O) groups is 1. The van der Waals surface area contributed by atoms with E-state index in [-0.39, 0.29) is 6.04 Å².